The second-order valence-electron chi connectivity index (χ2n) is 7.06. The van der Waals surface area contributed by atoms with E-state index < -0.39 is 5.97 Å². The van der Waals surface area contributed by atoms with Crippen LogP contribution in [0.5, 0.6) is 0 Å². The summed E-state index contributed by atoms with van der Waals surface area (Å²) in [5, 5.41) is 9.89. The number of hydrogen-bond donors (Lipinski definition) is 2. The van der Waals surface area contributed by atoms with Crippen LogP contribution in [0.25, 0.3) is 11.3 Å². The van der Waals surface area contributed by atoms with Crippen molar-refractivity contribution in [2.75, 3.05) is 0 Å². The second kappa shape index (κ2) is 6.57. The summed E-state index contributed by atoms with van der Waals surface area (Å²) in [4.78, 5) is 16.6. The summed E-state index contributed by atoms with van der Waals surface area (Å²) >= 11 is 3.82. The number of nitrogens with zero attached hydrogens (tertiary/aromatic N) is 1. The molecule has 5 heteroatoms. The van der Waals surface area contributed by atoms with Gasteiger partial charge in [-0.3, -0.25) is 4.98 Å². The van der Waals surface area contributed by atoms with E-state index in [1.165, 1.54) is 0 Å². The van der Waals surface area contributed by atoms with Crippen LogP contribution in [0.4, 0.5) is 0 Å². The Bertz CT molecular complexity index is 786. The zero-order chi connectivity index (χ0) is 17.3. The van der Waals surface area contributed by atoms with Crippen molar-refractivity contribution in [3.05, 3.63) is 52.7 Å². The maximum Gasteiger partial charge on any atom is 0.338 e. The van der Waals surface area contributed by atoms with Crippen LogP contribution < -0.4 is 0 Å². The smallest absolute Gasteiger partial charge is 0.338 e. The van der Waals surface area contributed by atoms with E-state index in [1.807, 2.05) is 30.5 Å². The average Bonchev–Trinajstić information content (AvgIpc) is 2.53. The van der Waals surface area contributed by atoms with Gasteiger partial charge in [-0.25, -0.2) is 4.79 Å². The molecule has 0 amide bonds. The molecule has 1 aromatic heterocycles. The molecule has 0 saturated carbocycles. The molecule has 1 aromatic carbocycles. The molecule has 24 heavy (non-hydrogen) atoms. The molecule has 0 aliphatic heterocycles. The third-order valence-corrected chi connectivity index (χ3v) is 4.84. The Morgan fingerprint density at radius 1 is 1.38 bits per heavy atom. The Hall–Kier alpha value is -1.85. The fraction of sp³-hybridized carbons (Fsp3) is 0.368. The van der Waals surface area contributed by atoms with Crippen LogP contribution in [0.1, 0.15) is 47.3 Å². The van der Waals surface area contributed by atoms with Gasteiger partial charge >= 0.3 is 5.97 Å². The summed E-state index contributed by atoms with van der Waals surface area (Å²) < 4.78 is 4.96. The molecule has 0 spiro atoms. The van der Waals surface area contributed by atoms with Gasteiger partial charge in [-0.15, -0.1) is 0 Å². The third-order valence-electron chi connectivity index (χ3n) is 4.71. The van der Waals surface area contributed by atoms with Crippen molar-refractivity contribution in [3.63, 3.8) is 0 Å². The fourth-order valence-corrected chi connectivity index (χ4v) is 3.57. The van der Waals surface area contributed by atoms with E-state index in [0.717, 1.165) is 41.5 Å². The van der Waals surface area contributed by atoms with Crippen molar-refractivity contribution in [1.29, 1.82) is 0 Å². The van der Waals surface area contributed by atoms with Gasteiger partial charge in [-0.05, 0) is 54.3 Å². The molecular formula is C19H21NO3S. The molecule has 0 atom stereocenters. The number of rotatable bonds is 4. The van der Waals surface area contributed by atoms with Crippen LogP contribution in [-0.4, -0.2) is 16.1 Å². The quantitative estimate of drug-likeness (QED) is 0.641. The zero-order valence-corrected chi connectivity index (χ0v) is 14.8. The number of fused-ring (bicyclic) bond motifs is 1. The van der Waals surface area contributed by atoms with E-state index in [4.69, 9.17) is 4.18 Å². The summed E-state index contributed by atoms with van der Waals surface area (Å²) in [5.74, 6) is -0.923. The molecule has 1 N–H and O–H groups in total. The van der Waals surface area contributed by atoms with E-state index in [1.54, 1.807) is 0 Å². The number of hydrogen-bond acceptors (Lipinski definition) is 4. The number of thiol groups is 1. The number of pyridine rings is 1. The van der Waals surface area contributed by atoms with Crippen LogP contribution >= 0.6 is 12.9 Å². The molecule has 4 nitrogen and oxygen atoms in total. The highest BCUT2D eigenvalue weighted by atomic mass is 32.1. The fourth-order valence-electron chi connectivity index (χ4n) is 3.43. The normalized spacial score (nSPS) is 15.8. The lowest BCUT2D eigenvalue weighted by Gasteiger charge is -2.32. The number of aromatic carboxylic acids is 1. The Morgan fingerprint density at radius 2 is 2.12 bits per heavy atom. The van der Waals surface area contributed by atoms with Crippen molar-refractivity contribution in [2.45, 2.75) is 39.7 Å². The molecule has 126 valence electrons. The zero-order valence-electron chi connectivity index (χ0n) is 13.9. The van der Waals surface area contributed by atoms with Crippen molar-refractivity contribution in [2.24, 2.45) is 5.41 Å². The molecule has 0 fully saturated rings. The number of carboxylic acid groups (broad SMARTS) is 1. The molecular weight excluding hydrogens is 322 g/mol. The molecule has 0 saturated heterocycles. The molecule has 3 rings (SSSR count). The predicted octanol–water partition coefficient (Wildman–Crippen LogP) is 4.32. The van der Waals surface area contributed by atoms with Crippen LogP contribution in [0.2, 0.25) is 0 Å². The molecule has 0 radical (unpaired) electrons. The number of carboxylic acids is 1. The Balaban J connectivity index is 2.22. The lowest BCUT2D eigenvalue weighted by atomic mass is 9.73. The molecule has 1 heterocycles. The first kappa shape index (κ1) is 17.0. The topological polar surface area (TPSA) is 59.4 Å². The van der Waals surface area contributed by atoms with Crippen LogP contribution in [0.15, 0.2) is 30.5 Å². The SMILES string of the molecule is CC1(C)CCc2cnc(-c3ccccc3COS)c(C(=O)O)c2C1. The van der Waals surface area contributed by atoms with Crippen molar-refractivity contribution >= 4 is 18.9 Å². The maximum absolute atomic E-state index is 12.1. The summed E-state index contributed by atoms with van der Waals surface area (Å²) in [6, 6.07) is 7.57. The van der Waals surface area contributed by atoms with E-state index >= 15 is 0 Å². The van der Waals surface area contributed by atoms with Gasteiger partial charge in [0.05, 0.1) is 17.9 Å². The Kier molecular flexibility index (Phi) is 4.65. The van der Waals surface area contributed by atoms with E-state index in [2.05, 4.69) is 31.7 Å². The van der Waals surface area contributed by atoms with Gasteiger partial charge in [0, 0.05) is 11.8 Å². The van der Waals surface area contributed by atoms with E-state index in [9.17, 15) is 9.90 Å². The van der Waals surface area contributed by atoms with Gasteiger partial charge < -0.3 is 9.29 Å². The summed E-state index contributed by atoms with van der Waals surface area (Å²) in [6.07, 6.45) is 4.51. The van der Waals surface area contributed by atoms with E-state index in [0.29, 0.717) is 17.9 Å². The highest BCUT2D eigenvalue weighted by molar-refractivity contribution is 7.75. The minimum atomic E-state index is -0.923. The first-order valence-corrected chi connectivity index (χ1v) is 8.38. The molecule has 1 aliphatic carbocycles. The Morgan fingerprint density at radius 3 is 2.83 bits per heavy atom. The highest BCUT2D eigenvalue weighted by Crippen LogP contribution is 2.39. The molecule has 1 aliphatic rings. The first-order chi connectivity index (χ1) is 11.4. The van der Waals surface area contributed by atoms with Crippen molar-refractivity contribution < 1.29 is 14.1 Å². The Labute approximate surface area is 147 Å². The maximum atomic E-state index is 12.1. The summed E-state index contributed by atoms with van der Waals surface area (Å²) in [7, 11) is 0. The lowest BCUT2D eigenvalue weighted by molar-refractivity contribution is 0.0695. The minimum absolute atomic E-state index is 0.101. The number of benzene rings is 1. The van der Waals surface area contributed by atoms with Gasteiger partial charge in [0.15, 0.2) is 0 Å². The largest absolute Gasteiger partial charge is 0.478 e. The van der Waals surface area contributed by atoms with E-state index in [-0.39, 0.29) is 5.41 Å². The number of carbonyl (C=O) groups is 1. The average molecular weight is 343 g/mol. The van der Waals surface area contributed by atoms with Crippen molar-refractivity contribution in [3.8, 4) is 11.3 Å². The summed E-state index contributed by atoms with van der Waals surface area (Å²) in [5.41, 5.74) is 4.58. The van der Waals surface area contributed by atoms with Crippen LogP contribution in [0, 0.1) is 5.41 Å². The standard InChI is InChI=1S/C19H21NO3S/c1-19(2)8-7-12-10-20-17(16(18(21)22)15(12)9-19)14-6-4-3-5-13(14)11-23-24/h3-6,10,24H,7-9,11H2,1-2H3,(H,21,22). The molecule has 2 aromatic rings. The highest BCUT2D eigenvalue weighted by Gasteiger charge is 2.31. The van der Waals surface area contributed by atoms with Gasteiger partial charge in [-0.1, -0.05) is 38.1 Å². The molecule has 0 unspecified atom stereocenters. The minimum Gasteiger partial charge on any atom is -0.478 e. The monoisotopic (exact) mass is 343 g/mol. The van der Waals surface area contributed by atoms with Gasteiger partial charge in [-0.2, -0.15) is 0 Å². The van der Waals surface area contributed by atoms with Gasteiger partial charge in [0.1, 0.15) is 0 Å². The lowest BCUT2D eigenvalue weighted by Crippen LogP contribution is -2.25. The van der Waals surface area contributed by atoms with Crippen molar-refractivity contribution in [1.82, 2.24) is 4.98 Å². The first-order valence-electron chi connectivity index (χ1n) is 8.01. The number of aromatic nitrogens is 1. The van der Waals surface area contributed by atoms with Crippen LogP contribution in [-0.2, 0) is 23.6 Å². The van der Waals surface area contributed by atoms with Crippen LogP contribution in [0.3, 0.4) is 0 Å². The number of aryl methyl sites for hydroxylation is 1. The predicted molar refractivity (Wildman–Crippen MR) is 96.2 cm³/mol. The second-order valence-corrected chi connectivity index (χ2v) is 7.32. The molecule has 0 bridgehead atoms. The van der Waals surface area contributed by atoms with Gasteiger partial charge in [0.2, 0.25) is 0 Å². The third kappa shape index (κ3) is 3.19. The summed E-state index contributed by atoms with van der Waals surface area (Å²) in [6.45, 7) is 4.66. The van der Waals surface area contributed by atoms with Gasteiger partial charge in [0.25, 0.3) is 0 Å².